The first-order chi connectivity index (χ1) is 10.6. The quantitative estimate of drug-likeness (QED) is 0.821. The standard InChI is InChI=1S/C17H19N3O2/c1-3-4-8-17(19-20-17)9-7-16(21)18-14-11-22-15-6-5-12(2)10-13(14)15/h1,5-6,10,14H,4,7-9,11H2,2H3,(H,18,21). The van der Waals surface area contributed by atoms with Crippen LogP contribution >= 0.6 is 0 Å². The summed E-state index contributed by atoms with van der Waals surface area (Å²) in [7, 11) is 0. The Morgan fingerprint density at radius 2 is 2.32 bits per heavy atom. The molecule has 0 saturated heterocycles. The number of nitrogens with zero attached hydrogens (tertiary/aromatic N) is 2. The van der Waals surface area contributed by atoms with E-state index in [1.165, 1.54) is 0 Å². The summed E-state index contributed by atoms with van der Waals surface area (Å²) < 4.78 is 5.60. The van der Waals surface area contributed by atoms with E-state index >= 15 is 0 Å². The van der Waals surface area contributed by atoms with Crippen LogP contribution in [0.3, 0.4) is 0 Å². The molecule has 0 bridgehead atoms. The van der Waals surface area contributed by atoms with E-state index < -0.39 is 5.66 Å². The van der Waals surface area contributed by atoms with Gasteiger partial charge in [-0.05, 0) is 13.0 Å². The van der Waals surface area contributed by atoms with Gasteiger partial charge in [-0.1, -0.05) is 17.7 Å². The van der Waals surface area contributed by atoms with E-state index in [0.717, 1.165) is 23.3 Å². The van der Waals surface area contributed by atoms with Crippen molar-refractivity contribution in [2.45, 2.75) is 44.3 Å². The Hall–Kier alpha value is -2.35. The van der Waals surface area contributed by atoms with Gasteiger partial charge < -0.3 is 10.1 Å². The molecule has 1 N–H and O–H groups in total. The normalized spacial score (nSPS) is 19.9. The van der Waals surface area contributed by atoms with Gasteiger partial charge in [-0.2, -0.15) is 10.2 Å². The van der Waals surface area contributed by atoms with E-state index in [2.05, 4.69) is 27.5 Å². The van der Waals surface area contributed by atoms with E-state index in [1.807, 2.05) is 19.1 Å². The zero-order valence-electron chi connectivity index (χ0n) is 12.6. The summed E-state index contributed by atoms with van der Waals surface area (Å²) in [5.41, 5.74) is 1.81. The van der Waals surface area contributed by atoms with E-state index in [4.69, 9.17) is 11.2 Å². The lowest BCUT2D eigenvalue weighted by Gasteiger charge is -2.13. The molecule has 1 aromatic carbocycles. The van der Waals surface area contributed by atoms with Crippen LogP contribution in [0.2, 0.25) is 0 Å². The van der Waals surface area contributed by atoms with Gasteiger partial charge in [-0.25, -0.2) is 0 Å². The van der Waals surface area contributed by atoms with Crippen LogP contribution < -0.4 is 10.1 Å². The number of carbonyl (C=O) groups is 1. The van der Waals surface area contributed by atoms with Crippen LogP contribution in [-0.4, -0.2) is 18.2 Å². The monoisotopic (exact) mass is 297 g/mol. The van der Waals surface area contributed by atoms with Gasteiger partial charge in [0.25, 0.3) is 0 Å². The molecule has 1 aromatic rings. The van der Waals surface area contributed by atoms with Crippen molar-refractivity contribution < 1.29 is 9.53 Å². The first-order valence-corrected chi connectivity index (χ1v) is 7.52. The van der Waals surface area contributed by atoms with Crippen molar-refractivity contribution in [3.8, 4) is 18.1 Å². The molecule has 5 heteroatoms. The zero-order valence-corrected chi connectivity index (χ0v) is 12.6. The van der Waals surface area contributed by atoms with Gasteiger partial charge in [0.2, 0.25) is 5.91 Å². The van der Waals surface area contributed by atoms with Crippen LogP contribution in [-0.2, 0) is 4.79 Å². The minimum Gasteiger partial charge on any atom is -0.491 e. The summed E-state index contributed by atoms with van der Waals surface area (Å²) in [5, 5.41) is 11.1. The van der Waals surface area contributed by atoms with Crippen LogP contribution in [0.15, 0.2) is 28.4 Å². The number of benzene rings is 1. The third-order valence-corrected chi connectivity index (χ3v) is 4.09. The molecule has 2 aliphatic rings. The summed E-state index contributed by atoms with van der Waals surface area (Å²) in [6, 6.07) is 5.95. The molecule has 0 radical (unpaired) electrons. The number of carbonyl (C=O) groups excluding carboxylic acids is 1. The Morgan fingerprint density at radius 3 is 3.05 bits per heavy atom. The maximum Gasteiger partial charge on any atom is 0.220 e. The molecule has 0 fully saturated rings. The number of aryl methyl sites for hydroxylation is 1. The molecular formula is C17H19N3O2. The average Bonchev–Trinajstić information content (AvgIpc) is 3.19. The Labute approximate surface area is 130 Å². The number of nitrogens with one attached hydrogen (secondary N) is 1. The zero-order chi connectivity index (χ0) is 15.6. The highest BCUT2D eigenvalue weighted by Gasteiger charge is 2.39. The van der Waals surface area contributed by atoms with E-state index in [0.29, 0.717) is 25.9 Å². The lowest BCUT2D eigenvalue weighted by atomic mass is 10.0. The summed E-state index contributed by atoms with van der Waals surface area (Å²) in [6.45, 7) is 2.52. The fraction of sp³-hybridized carbons (Fsp3) is 0.471. The predicted molar refractivity (Wildman–Crippen MR) is 82.4 cm³/mol. The number of fused-ring (bicyclic) bond motifs is 1. The van der Waals surface area contributed by atoms with Crippen molar-refractivity contribution in [2.75, 3.05) is 6.61 Å². The van der Waals surface area contributed by atoms with Gasteiger partial charge in [-0.15, -0.1) is 12.3 Å². The molecule has 1 atom stereocenters. The Balaban J connectivity index is 1.52. The molecule has 0 aromatic heterocycles. The molecule has 0 aliphatic carbocycles. The van der Waals surface area contributed by atoms with Gasteiger partial charge in [0.05, 0.1) is 6.04 Å². The summed E-state index contributed by atoms with van der Waals surface area (Å²) in [5.74, 6) is 3.44. The van der Waals surface area contributed by atoms with Gasteiger partial charge in [-0.3, -0.25) is 4.79 Å². The first-order valence-electron chi connectivity index (χ1n) is 7.52. The van der Waals surface area contributed by atoms with Crippen LogP contribution in [0.5, 0.6) is 5.75 Å². The summed E-state index contributed by atoms with van der Waals surface area (Å²) in [6.07, 6.45) is 7.64. The van der Waals surface area contributed by atoms with Crippen LogP contribution in [0.1, 0.15) is 42.9 Å². The smallest absolute Gasteiger partial charge is 0.220 e. The van der Waals surface area contributed by atoms with E-state index in [-0.39, 0.29) is 11.9 Å². The maximum atomic E-state index is 12.2. The number of rotatable bonds is 6. The van der Waals surface area contributed by atoms with Crippen LogP contribution in [0, 0.1) is 19.3 Å². The molecule has 5 nitrogen and oxygen atoms in total. The number of hydrogen-bond donors (Lipinski definition) is 1. The Kier molecular flexibility index (Phi) is 3.84. The molecule has 22 heavy (non-hydrogen) atoms. The number of ether oxygens (including phenoxy) is 1. The molecule has 114 valence electrons. The van der Waals surface area contributed by atoms with E-state index in [1.54, 1.807) is 0 Å². The second kappa shape index (κ2) is 5.80. The number of amides is 1. The van der Waals surface area contributed by atoms with Gasteiger partial charge in [0, 0.05) is 31.2 Å². The lowest BCUT2D eigenvalue weighted by molar-refractivity contribution is -0.122. The van der Waals surface area contributed by atoms with Gasteiger partial charge >= 0.3 is 0 Å². The molecule has 2 aliphatic heterocycles. The molecule has 0 spiro atoms. The Morgan fingerprint density at radius 1 is 1.50 bits per heavy atom. The second-order valence-electron chi connectivity index (χ2n) is 5.86. The SMILES string of the molecule is C#CCCC1(CCC(=O)NC2COc3ccc(C)cc32)N=N1. The van der Waals surface area contributed by atoms with Crippen molar-refractivity contribution in [3.63, 3.8) is 0 Å². The van der Waals surface area contributed by atoms with E-state index in [9.17, 15) is 4.79 Å². The third kappa shape index (κ3) is 3.11. The third-order valence-electron chi connectivity index (χ3n) is 4.09. The molecule has 2 heterocycles. The summed E-state index contributed by atoms with van der Waals surface area (Å²) in [4.78, 5) is 12.2. The highest BCUT2D eigenvalue weighted by Crippen LogP contribution is 2.38. The predicted octanol–water partition coefficient (Wildman–Crippen LogP) is 2.90. The van der Waals surface area contributed by atoms with Gasteiger partial charge in [0.15, 0.2) is 5.66 Å². The number of terminal acetylenes is 1. The Bertz CT molecular complexity index is 654. The van der Waals surface area contributed by atoms with Crippen molar-refractivity contribution in [1.82, 2.24) is 5.32 Å². The summed E-state index contributed by atoms with van der Waals surface area (Å²) >= 11 is 0. The fourth-order valence-corrected chi connectivity index (χ4v) is 2.70. The fourth-order valence-electron chi connectivity index (χ4n) is 2.70. The van der Waals surface area contributed by atoms with Gasteiger partial charge in [0.1, 0.15) is 12.4 Å². The maximum absolute atomic E-state index is 12.2. The molecule has 3 rings (SSSR count). The van der Waals surface area contributed by atoms with Crippen LogP contribution in [0.4, 0.5) is 0 Å². The molecule has 1 unspecified atom stereocenters. The largest absolute Gasteiger partial charge is 0.491 e. The highest BCUT2D eigenvalue weighted by molar-refractivity contribution is 5.77. The van der Waals surface area contributed by atoms with Crippen molar-refractivity contribution in [1.29, 1.82) is 0 Å². The molecular weight excluding hydrogens is 278 g/mol. The first kappa shape index (κ1) is 14.6. The van der Waals surface area contributed by atoms with Crippen LogP contribution in [0.25, 0.3) is 0 Å². The molecule has 0 saturated carbocycles. The molecule has 1 amide bonds. The van der Waals surface area contributed by atoms with Crippen molar-refractivity contribution in [3.05, 3.63) is 29.3 Å². The topological polar surface area (TPSA) is 63.0 Å². The average molecular weight is 297 g/mol. The number of hydrogen-bond acceptors (Lipinski definition) is 4. The minimum atomic E-state index is -0.398. The minimum absolute atomic E-state index is 0.000314. The van der Waals surface area contributed by atoms with Crippen molar-refractivity contribution in [2.24, 2.45) is 10.2 Å². The highest BCUT2D eigenvalue weighted by atomic mass is 16.5. The van der Waals surface area contributed by atoms with Crippen molar-refractivity contribution >= 4 is 5.91 Å². The lowest BCUT2D eigenvalue weighted by Crippen LogP contribution is -2.30. The second-order valence-corrected chi connectivity index (χ2v) is 5.86.